The third-order valence-electron chi connectivity index (χ3n) is 2.09. The third-order valence-corrected chi connectivity index (χ3v) is 2.09. The number of fused-ring (bicyclic) bond motifs is 1. The molecule has 4 nitrogen and oxygen atoms in total. The first-order valence-electron chi connectivity index (χ1n) is 4.40. The van der Waals surface area contributed by atoms with Crippen LogP contribution in [0.25, 0.3) is 11.1 Å². The van der Waals surface area contributed by atoms with Gasteiger partial charge in [0.1, 0.15) is 16.8 Å². The van der Waals surface area contributed by atoms with Gasteiger partial charge in [-0.2, -0.15) is 0 Å². The summed E-state index contributed by atoms with van der Waals surface area (Å²) >= 11 is 0. The highest BCUT2D eigenvalue weighted by atomic mass is 16.3. The quantitative estimate of drug-likeness (QED) is 0.779. The summed E-state index contributed by atoms with van der Waals surface area (Å²) < 4.78 is 5.45. The van der Waals surface area contributed by atoms with Crippen molar-refractivity contribution in [1.82, 2.24) is 4.98 Å². The first-order valence-corrected chi connectivity index (χ1v) is 4.40. The summed E-state index contributed by atoms with van der Waals surface area (Å²) in [5, 5.41) is 0. The number of hydrogen-bond acceptors (Lipinski definition) is 3. The SMILES string of the molecule is CCc1oc2cccnc2c1C(N)=O. The van der Waals surface area contributed by atoms with E-state index in [9.17, 15) is 4.79 Å². The molecule has 2 aromatic heterocycles. The van der Waals surface area contributed by atoms with Gasteiger partial charge in [0.05, 0.1) is 0 Å². The van der Waals surface area contributed by atoms with Crippen LogP contribution >= 0.6 is 0 Å². The largest absolute Gasteiger partial charge is 0.459 e. The highest BCUT2D eigenvalue weighted by Gasteiger charge is 2.17. The molecule has 0 aliphatic rings. The topological polar surface area (TPSA) is 69.1 Å². The molecule has 0 fully saturated rings. The van der Waals surface area contributed by atoms with Crippen molar-refractivity contribution >= 4 is 17.0 Å². The van der Waals surface area contributed by atoms with E-state index in [1.807, 2.05) is 6.92 Å². The second-order valence-corrected chi connectivity index (χ2v) is 2.97. The third kappa shape index (κ3) is 1.16. The molecule has 0 unspecified atom stereocenters. The maximum atomic E-state index is 11.2. The average Bonchev–Trinajstić information content (AvgIpc) is 2.55. The van der Waals surface area contributed by atoms with E-state index in [0.717, 1.165) is 0 Å². The zero-order valence-electron chi connectivity index (χ0n) is 7.78. The number of nitrogens with two attached hydrogens (primary N) is 1. The first-order chi connectivity index (χ1) is 6.74. The Labute approximate surface area is 80.7 Å². The molecule has 0 spiro atoms. The van der Waals surface area contributed by atoms with E-state index in [2.05, 4.69) is 4.98 Å². The number of nitrogens with zero attached hydrogens (tertiary/aromatic N) is 1. The number of carbonyl (C=O) groups excluding carboxylic acids is 1. The Morgan fingerprint density at radius 3 is 3.07 bits per heavy atom. The Balaban J connectivity index is 2.81. The van der Waals surface area contributed by atoms with Crippen LogP contribution in [0.15, 0.2) is 22.7 Å². The van der Waals surface area contributed by atoms with Gasteiger partial charge in [0.15, 0.2) is 5.58 Å². The average molecular weight is 190 g/mol. The zero-order valence-corrected chi connectivity index (χ0v) is 7.78. The highest BCUT2D eigenvalue weighted by molar-refractivity contribution is 6.04. The van der Waals surface area contributed by atoms with Crippen LogP contribution in [0.1, 0.15) is 23.0 Å². The summed E-state index contributed by atoms with van der Waals surface area (Å²) in [5.74, 6) is 0.116. The van der Waals surface area contributed by atoms with Crippen molar-refractivity contribution in [1.29, 1.82) is 0 Å². The fraction of sp³-hybridized carbons (Fsp3) is 0.200. The van der Waals surface area contributed by atoms with Gasteiger partial charge < -0.3 is 10.2 Å². The lowest BCUT2D eigenvalue weighted by Gasteiger charge is -1.92. The number of amides is 1. The van der Waals surface area contributed by atoms with Crippen molar-refractivity contribution in [3.8, 4) is 0 Å². The van der Waals surface area contributed by atoms with Gasteiger partial charge in [0.25, 0.3) is 5.91 Å². The summed E-state index contributed by atoms with van der Waals surface area (Å²) in [6.07, 6.45) is 2.25. The van der Waals surface area contributed by atoms with E-state index < -0.39 is 5.91 Å². The number of hydrogen-bond donors (Lipinski definition) is 1. The fourth-order valence-corrected chi connectivity index (χ4v) is 1.48. The molecule has 2 rings (SSSR count). The number of rotatable bonds is 2. The van der Waals surface area contributed by atoms with Crippen molar-refractivity contribution in [3.05, 3.63) is 29.7 Å². The maximum absolute atomic E-state index is 11.2. The number of aryl methyl sites for hydroxylation is 1. The first kappa shape index (κ1) is 8.74. The molecule has 2 aromatic rings. The molecule has 0 aromatic carbocycles. The molecule has 0 saturated carbocycles. The van der Waals surface area contributed by atoms with Crippen molar-refractivity contribution in [3.63, 3.8) is 0 Å². The van der Waals surface area contributed by atoms with Gasteiger partial charge >= 0.3 is 0 Å². The lowest BCUT2D eigenvalue weighted by molar-refractivity contribution is 0.0999. The summed E-state index contributed by atoms with van der Waals surface area (Å²) in [4.78, 5) is 15.3. The van der Waals surface area contributed by atoms with Crippen LogP contribution in [-0.4, -0.2) is 10.9 Å². The van der Waals surface area contributed by atoms with Gasteiger partial charge in [-0.05, 0) is 12.1 Å². The normalized spacial score (nSPS) is 10.6. The van der Waals surface area contributed by atoms with Gasteiger partial charge in [0.2, 0.25) is 0 Å². The molecule has 0 saturated heterocycles. The molecule has 14 heavy (non-hydrogen) atoms. The minimum absolute atomic E-state index is 0.406. The van der Waals surface area contributed by atoms with E-state index in [-0.39, 0.29) is 0 Å². The molecule has 4 heteroatoms. The molecular formula is C10H10N2O2. The molecule has 0 bridgehead atoms. The van der Waals surface area contributed by atoms with Gasteiger partial charge in [-0.15, -0.1) is 0 Å². The molecule has 0 radical (unpaired) electrons. The number of pyridine rings is 1. The predicted molar refractivity (Wildman–Crippen MR) is 51.9 cm³/mol. The van der Waals surface area contributed by atoms with Crippen LogP contribution < -0.4 is 5.73 Å². The summed E-state index contributed by atoms with van der Waals surface area (Å²) in [5.41, 5.74) is 6.83. The summed E-state index contributed by atoms with van der Waals surface area (Å²) in [6.45, 7) is 1.91. The Morgan fingerprint density at radius 1 is 1.64 bits per heavy atom. The van der Waals surface area contributed by atoms with E-state index in [1.165, 1.54) is 0 Å². The Kier molecular flexibility index (Phi) is 1.96. The summed E-state index contributed by atoms with van der Waals surface area (Å²) in [7, 11) is 0. The molecule has 2 heterocycles. The van der Waals surface area contributed by atoms with E-state index in [1.54, 1.807) is 18.3 Å². The lowest BCUT2D eigenvalue weighted by Crippen LogP contribution is -2.12. The van der Waals surface area contributed by atoms with Gasteiger partial charge in [0, 0.05) is 12.6 Å². The minimum Gasteiger partial charge on any atom is -0.459 e. The zero-order chi connectivity index (χ0) is 10.1. The second-order valence-electron chi connectivity index (χ2n) is 2.97. The molecule has 2 N–H and O–H groups in total. The van der Waals surface area contributed by atoms with E-state index >= 15 is 0 Å². The van der Waals surface area contributed by atoms with Crippen LogP contribution in [0.5, 0.6) is 0 Å². The van der Waals surface area contributed by atoms with Gasteiger partial charge in [-0.1, -0.05) is 6.92 Å². The number of aromatic nitrogens is 1. The van der Waals surface area contributed by atoms with Crippen molar-refractivity contribution < 1.29 is 9.21 Å². The number of primary amides is 1. The van der Waals surface area contributed by atoms with Crippen molar-refractivity contribution in [2.24, 2.45) is 5.73 Å². The molecular weight excluding hydrogens is 180 g/mol. The van der Waals surface area contributed by atoms with Crippen molar-refractivity contribution in [2.75, 3.05) is 0 Å². The lowest BCUT2D eigenvalue weighted by atomic mass is 10.2. The van der Waals surface area contributed by atoms with E-state index in [0.29, 0.717) is 28.8 Å². The molecule has 72 valence electrons. The maximum Gasteiger partial charge on any atom is 0.254 e. The second kappa shape index (κ2) is 3.14. The highest BCUT2D eigenvalue weighted by Crippen LogP contribution is 2.23. The van der Waals surface area contributed by atoms with Crippen LogP contribution in [0, 0.1) is 0 Å². The number of carbonyl (C=O) groups is 1. The van der Waals surface area contributed by atoms with Crippen LogP contribution in [-0.2, 0) is 6.42 Å². The monoisotopic (exact) mass is 190 g/mol. The molecule has 1 amide bonds. The predicted octanol–water partition coefficient (Wildman–Crippen LogP) is 1.49. The minimum atomic E-state index is -0.487. The van der Waals surface area contributed by atoms with E-state index in [4.69, 9.17) is 10.2 Å². The van der Waals surface area contributed by atoms with Crippen LogP contribution in [0.3, 0.4) is 0 Å². The smallest absolute Gasteiger partial charge is 0.254 e. The molecule has 0 atom stereocenters. The standard InChI is InChI=1S/C10H10N2O2/c1-2-6-8(10(11)13)9-7(14-6)4-3-5-12-9/h3-5H,2H2,1H3,(H2,11,13). The van der Waals surface area contributed by atoms with Crippen molar-refractivity contribution in [2.45, 2.75) is 13.3 Å². The number of furan rings is 1. The molecule has 0 aliphatic heterocycles. The Bertz CT molecular complexity index is 488. The van der Waals surface area contributed by atoms with Crippen LogP contribution in [0.4, 0.5) is 0 Å². The van der Waals surface area contributed by atoms with Gasteiger partial charge in [-0.25, -0.2) is 0 Å². The van der Waals surface area contributed by atoms with Gasteiger partial charge in [-0.3, -0.25) is 9.78 Å². The fourth-order valence-electron chi connectivity index (χ4n) is 1.48. The van der Waals surface area contributed by atoms with Crippen LogP contribution in [0.2, 0.25) is 0 Å². The molecule has 0 aliphatic carbocycles. The Hall–Kier alpha value is -1.84. The Morgan fingerprint density at radius 2 is 2.43 bits per heavy atom. The summed E-state index contributed by atoms with van der Waals surface area (Å²) in [6, 6.07) is 3.53.